The molecule has 0 aromatic rings. The Morgan fingerprint density at radius 1 is 1.46 bits per heavy atom. The van der Waals surface area contributed by atoms with E-state index in [1.165, 1.54) is 0 Å². The molecule has 0 saturated carbocycles. The minimum atomic E-state index is -0.397. The Balaban J connectivity index is 4.15. The lowest BCUT2D eigenvalue weighted by atomic mass is 9.99. The van der Waals surface area contributed by atoms with Crippen LogP contribution in [0.3, 0.4) is 0 Å². The van der Waals surface area contributed by atoms with Gasteiger partial charge in [0.25, 0.3) is 0 Å². The molecule has 0 fully saturated rings. The maximum atomic E-state index is 11.5. The molecule has 0 unspecified atom stereocenters. The highest BCUT2D eigenvalue weighted by molar-refractivity contribution is 5.82. The second kappa shape index (κ2) is 4.61. The van der Waals surface area contributed by atoms with Crippen molar-refractivity contribution >= 4 is 5.91 Å². The molecule has 78 valence electrons. The molecule has 0 aliphatic rings. The number of hydrogen-bond donors (Lipinski definition) is 2. The number of rotatable bonds is 4. The largest absolute Gasteiger partial charge is 0.350 e. The molecule has 0 radical (unpaired) electrons. The van der Waals surface area contributed by atoms with Gasteiger partial charge in [-0.15, -0.1) is 0 Å². The van der Waals surface area contributed by atoms with Crippen LogP contribution in [-0.2, 0) is 4.79 Å². The molecule has 0 aliphatic carbocycles. The topological polar surface area (TPSA) is 55.1 Å². The molecule has 0 aliphatic heterocycles. The van der Waals surface area contributed by atoms with E-state index < -0.39 is 6.04 Å². The van der Waals surface area contributed by atoms with Crippen LogP contribution in [0.15, 0.2) is 0 Å². The Labute approximate surface area is 81.1 Å². The summed E-state index contributed by atoms with van der Waals surface area (Å²) in [5.41, 5.74) is 5.56. The Hall–Kier alpha value is -0.570. The summed E-state index contributed by atoms with van der Waals surface area (Å²) in [6.45, 7) is 9.93. The van der Waals surface area contributed by atoms with E-state index in [-0.39, 0.29) is 17.4 Å². The minimum Gasteiger partial charge on any atom is -0.350 e. The molecule has 0 saturated heterocycles. The lowest BCUT2D eigenvalue weighted by Gasteiger charge is -2.27. The number of hydrogen-bond acceptors (Lipinski definition) is 2. The number of carbonyl (C=O) groups excluding carboxylic acids is 1. The second-order valence-electron chi connectivity index (χ2n) is 4.50. The fraction of sp³-hybridized carbons (Fsp3) is 0.900. The average Bonchev–Trinajstić information content (AvgIpc) is 2.02. The molecule has 1 atom stereocenters. The van der Waals surface area contributed by atoms with Crippen molar-refractivity contribution in [2.75, 3.05) is 0 Å². The smallest absolute Gasteiger partial charge is 0.237 e. The molecule has 0 aromatic heterocycles. The second-order valence-corrected chi connectivity index (χ2v) is 4.50. The molecule has 0 heterocycles. The average molecular weight is 186 g/mol. The standard InChI is InChI=1S/C10H22N2O/c1-6-10(4,5)12-9(13)8(11)7(2)3/h7-8H,6,11H2,1-5H3,(H,12,13)/t8-/m0/s1. The number of nitrogens with one attached hydrogen (secondary N) is 1. The Morgan fingerprint density at radius 2 is 1.92 bits per heavy atom. The van der Waals surface area contributed by atoms with Crippen LogP contribution in [0, 0.1) is 5.92 Å². The van der Waals surface area contributed by atoms with Gasteiger partial charge < -0.3 is 11.1 Å². The fourth-order valence-electron chi connectivity index (χ4n) is 0.808. The van der Waals surface area contributed by atoms with Crippen molar-refractivity contribution in [3.8, 4) is 0 Å². The minimum absolute atomic E-state index is 0.0538. The first-order chi connectivity index (χ1) is 5.80. The zero-order chi connectivity index (χ0) is 10.6. The highest BCUT2D eigenvalue weighted by Gasteiger charge is 2.23. The van der Waals surface area contributed by atoms with E-state index in [0.29, 0.717) is 0 Å². The summed E-state index contributed by atoms with van der Waals surface area (Å²) < 4.78 is 0. The number of amides is 1. The molecular formula is C10H22N2O. The lowest BCUT2D eigenvalue weighted by molar-refractivity contribution is -0.124. The zero-order valence-corrected chi connectivity index (χ0v) is 9.35. The first-order valence-corrected chi connectivity index (χ1v) is 4.87. The third-order valence-corrected chi connectivity index (χ3v) is 2.37. The van der Waals surface area contributed by atoms with Gasteiger partial charge in [-0.1, -0.05) is 20.8 Å². The van der Waals surface area contributed by atoms with E-state index in [1.54, 1.807) is 0 Å². The maximum Gasteiger partial charge on any atom is 0.237 e. The van der Waals surface area contributed by atoms with Gasteiger partial charge in [0, 0.05) is 5.54 Å². The predicted molar refractivity (Wildman–Crippen MR) is 55.3 cm³/mol. The van der Waals surface area contributed by atoms with Crippen molar-refractivity contribution in [3.63, 3.8) is 0 Å². The summed E-state index contributed by atoms with van der Waals surface area (Å²) in [7, 11) is 0. The van der Waals surface area contributed by atoms with E-state index in [4.69, 9.17) is 5.73 Å². The number of carbonyl (C=O) groups is 1. The van der Waals surface area contributed by atoms with E-state index in [1.807, 2.05) is 34.6 Å². The third-order valence-electron chi connectivity index (χ3n) is 2.37. The highest BCUT2D eigenvalue weighted by Crippen LogP contribution is 2.08. The van der Waals surface area contributed by atoms with Crippen molar-refractivity contribution in [1.29, 1.82) is 0 Å². The Kier molecular flexibility index (Phi) is 4.40. The normalized spacial score (nSPS) is 14.4. The molecule has 0 bridgehead atoms. The van der Waals surface area contributed by atoms with Crippen LogP contribution in [-0.4, -0.2) is 17.5 Å². The molecule has 13 heavy (non-hydrogen) atoms. The quantitative estimate of drug-likeness (QED) is 0.694. The maximum absolute atomic E-state index is 11.5. The van der Waals surface area contributed by atoms with Gasteiger partial charge in [0.1, 0.15) is 0 Å². The summed E-state index contributed by atoms with van der Waals surface area (Å²) in [6, 6.07) is -0.397. The summed E-state index contributed by atoms with van der Waals surface area (Å²) in [4.78, 5) is 11.5. The monoisotopic (exact) mass is 186 g/mol. The third kappa shape index (κ3) is 4.27. The van der Waals surface area contributed by atoms with Crippen LogP contribution >= 0.6 is 0 Å². The molecule has 3 N–H and O–H groups in total. The van der Waals surface area contributed by atoms with Crippen LogP contribution in [0.25, 0.3) is 0 Å². The van der Waals surface area contributed by atoms with Crippen molar-refractivity contribution in [2.24, 2.45) is 11.7 Å². The van der Waals surface area contributed by atoms with E-state index in [9.17, 15) is 4.79 Å². The Morgan fingerprint density at radius 3 is 2.23 bits per heavy atom. The van der Waals surface area contributed by atoms with Crippen LogP contribution < -0.4 is 11.1 Å². The van der Waals surface area contributed by atoms with Gasteiger partial charge in [-0.25, -0.2) is 0 Å². The van der Waals surface area contributed by atoms with Gasteiger partial charge in [0.05, 0.1) is 6.04 Å². The highest BCUT2D eigenvalue weighted by atomic mass is 16.2. The predicted octanol–water partition coefficient (Wildman–Crippen LogP) is 1.27. The SMILES string of the molecule is CCC(C)(C)NC(=O)[C@@H](N)C(C)C. The molecule has 3 nitrogen and oxygen atoms in total. The summed E-state index contributed by atoms with van der Waals surface area (Å²) >= 11 is 0. The van der Waals surface area contributed by atoms with Gasteiger partial charge in [0.2, 0.25) is 5.91 Å². The van der Waals surface area contributed by atoms with E-state index in [2.05, 4.69) is 5.32 Å². The van der Waals surface area contributed by atoms with E-state index >= 15 is 0 Å². The molecule has 0 rings (SSSR count). The summed E-state index contributed by atoms with van der Waals surface area (Å²) in [6.07, 6.45) is 0.906. The van der Waals surface area contributed by atoms with Gasteiger partial charge in [-0.05, 0) is 26.2 Å². The Bertz CT molecular complexity index is 176. The van der Waals surface area contributed by atoms with Gasteiger partial charge >= 0.3 is 0 Å². The van der Waals surface area contributed by atoms with Gasteiger partial charge in [-0.3, -0.25) is 4.79 Å². The zero-order valence-electron chi connectivity index (χ0n) is 9.35. The fourth-order valence-corrected chi connectivity index (χ4v) is 0.808. The van der Waals surface area contributed by atoms with Crippen LogP contribution in [0.4, 0.5) is 0 Å². The van der Waals surface area contributed by atoms with Gasteiger partial charge in [0.15, 0.2) is 0 Å². The lowest BCUT2D eigenvalue weighted by Crippen LogP contribution is -2.51. The molecular weight excluding hydrogens is 164 g/mol. The first kappa shape index (κ1) is 12.4. The first-order valence-electron chi connectivity index (χ1n) is 4.87. The molecule has 0 aromatic carbocycles. The van der Waals surface area contributed by atoms with E-state index in [0.717, 1.165) is 6.42 Å². The van der Waals surface area contributed by atoms with Crippen LogP contribution in [0.2, 0.25) is 0 Å². The van der Waals surface area contributed by atoms with Crippen molar-refractivity contribution < 1.29 is 4.79 Å². The van der Waals surface area contributed by atoms with Gasteiger partial charge in [-0.2, -0.15) is 0 Å². The van der Waals surface area contributed by atoms with Crippen molar-refractivity contribution in [1.82, 2.24) is 5.32 Å². The number of nitrogens with two attached hydrogens (primary N) is 1. The molecule has 1 amide bonds. The van der Waals surface area contributed by atoms with Crippen molar-refractivity contribution in [2.45, 2.75) is 52.6 Å². The summed E-state index contributed by atoms with van der Waals surface area (Å²) in [5, 5.41) is 2.92. The molecule has 3 heteroatoms. The summed E-state index contributed by atoms with van der Waals surface area (Å²) in [5.74, 6) is 0.134. The van der Waals surface area contributed by atoms with Crippen LogP contribution in [0.5, 0.6) is 0 Å². The van der Waals surface area contributed by atoms with Crippen LogP contribution in [0.1, 0.15) is 41.0 Å². The molecule has 0 spiro atoms. The van der Waals surface area contributed by atoms with Crippen molar-refractivity contribution in [3.05, 3.63) is 0 Å².